The van der Waals surface area contributed by atoms with Crippen LogP contribution in [0.4, 0.5) is 5.82 Å². The van der Waals surface area contributed by atoms with Gasteiger partial charge in [0, 0.05) is 45.5 Å². The number of aromatic nitrogens is 1. The van der Waals surface area contributed by atoms with Crippen LogP contribution in [0.5, 0.6) is 0 Å². The normalized spacial score (nSPS) is 26.3. The molecule has 2 atom stereocenters. The fourth-order valence-electron chi connectivity index (χ4n) is 3.24. The summed E-state index contributed by atoms with van der Waals surface area (Å²) in [6, 6.07) is 5.95. The van der Waals surface area contributed by atoms with Crippen LogP contribution in [0.25, 0.3) is 0 Å². The molecular formula is C17H26N4O2. The first-order valence-corrected chi connectivity index (χ1v) is 8.47. The van der Waals surface area contributed by atoms with Gasteiger partial charge in [0.05, 0.1) is 12.6 Å². The van der Waals surface area contributed by atoms with Gasteiger partial charge in [-0.05, 0) is 24.5 Å². The molecule has 6 nitrogen and oxygen atoms in total. The second-order valence-electron chi connectivity index (χ2n) is 6.62. The Morgan fingerprint density at radius 3 is 2.70 bits per heavy atom. The number of anilines is 1. The summed E-state index contributed by atoms with van der Waals surface area (Å²) in [4.78, 5) is 23.1. The Morgan fingerprint density at radius 2 is 2.04 bits per heavy atom. The van der Waals surface area contributed by atoms with E-state index in [0.29, 0.717) is 19.0 Å². The minimum Gasteiger partial charge on any atom is -0.391 e. The Morgan fingerprint density at radius 1 is 1.26 bits per heavy atom. The fraction of sp³-hybridized carbons (Fsp3) is 0.647. The summed E-state index contributed by atoms with van der Waals surface area (Å²) < 4.78 is 0. The summed E-state index contributed by atoms with van der Waals surface area (Å²) in [6.07, 6.45) is 2.32. The molecule has 2 fully saturated rings. The van der Waals surface area contributed by atoms with Gasteiger partial charge in [-0.1, -0.05) is 13.0 Å². The van der Waals surface area contributed by atoms with Gasteiger partial charge in [0.15, 0.2) is 0 Å². The third kappa shape index (κ3) is 4.00. The molecule has 3 rings (SSSR count). The molecule has 0 radical (unpaired) electrons. The molecule has 1 amide bonds. The monoisotopic (exact) mass is 318 g/mol. The number of hydrogen-bond acceptors (Lipinski definition) is 5. The first-order valence-electron chi connectivity index (χ1n) is 8.47. The van der Waals surface area contributed by atoms with Crippen LogP contribution in [0.2, 0.25) is 0 Å². The number of hydrogen-bond donors (Lipinski definition) is 1. The van der Waals surface area contributed by atoms with E-state index >= 15 is 0 Å². The quantitative estimate of drug-likeness (QED) is 0.876. The van der Waals surface area contributed by atoms with Gasteiger partial charge in [-0.25, -0.2) is 4.98 Å². The predicted octanol–water partition coefficient (Wildman–Crippen LogP) is 0.433. The highest BCUT2D eigenvalue weighted by Gasteiger charge is 2.28. The Bertz CT molecular complexity index is 517. The third-order valence-electron chi connectivity index (χ3n) is 4.98. The molecule has 0 saturated carbocycles. The Balaban J connectivity index is 1.46. The number of β-amino-alcohol motifs (C(OH)–C–C–N with tert-alkyl or cyclic N) is 1. The minimum absolute atomic E-state index is 0.141. The number of carbonyl (C=O) groups excluding carboxylic acids is 1. The van der Waals surface area contributed by atoms with Crippen molar-refractivity contribution in [3.63, 3.8) is 0 Å². The highest BCUT2D eigenvalue weighted by molar-refractivity contribution is 5.78. The highest BCUT2D eigenvalue weighted by atomic mass is 16.3. The largest absolute Gasteiger partial charge is 0.391 e. The van der Waals surface area contributed by atoms with Gasteiger partial charge in [-0.3, -0.25) is 9.69 Å². The maximum Gasteiger partial charge on any atom is 0.236 e. The minimum atomic E-state index is -0.381. The molecule has 2 aliphatic heterocycles. The highest BCUT2D eigenvalue weighted by Crippen LogP contribution is 2.18. The van der Waals surface area contributed by atoms with Gasteiger partial charge in [0.25, 0.3) is 0 Å². The van der Waals surface area contributed by atoms with Crippen LogP contribution in [0.1, 0.15) is 13.3 Å². The maximum atomic E-state index is 12.4. The Labute approximate surface area is 137 Å². The van der Waals surface area contributed by atoms with Gasteiger partial charge in [-0.2, -0.15) is 0 Å². The summed E-state index contributed by atoms with van der Waals surface area (Å²) in [5.74, 6) is 1.44. The van der Waals surface area contributed by atoms with Gasteiger partial charge in [0.2, 0.25) is 5.91 Å². The van der Waals surface area contributed by atoms with Crippen molar-refractivity contribution in [1.29, 1.82) is 0 Å². The molecule has 126 valence electrons. The average molecular weight is 318 g/mol. The van der Waals surface area contributed by atoms with Crippen molar-refractivity contribution < 1.29 is 9.90 Å². The second kappa shape index (κ2) is 7.27. The van der Waals surface area contributed by atoms with Crippen molar-refractivity contribution in [2.75, 3.05) is 50.7 Å². The summed E-state index contributed by atoms with van der Waals surface area (Å²) in [5, 5.41) is 9.94. The lowest BCUT2D eigenvalue weighted by Crippen LogP contribution is -2.53. The fourth-order valence-corrected chi connectivity index (χ4v) is 3.24. The predicted molar refractivity (Wildman–Crippen MR) is 89.3 cm³/mol. The van der Waals surface area contributed by atoms with E-state index in [-0.39, 0.29) is 12.0 Å². The number of pyridine rings is 1. The van der Waals surface area contributed by atoms with Crippen molar-refractivity contribution in [3.8, 4) is 0 Å². The maximum absolute atomic E-state index is 12.4. The number of nitrogens with zero attached hydrogens (tertiary/aromatic N) is 4. The Hall–Kier alpha value is -1.66. The number of carbonyl (C=O) groups is 1. The van der Waals surface area contributed by atoms with E-state index in [9.17, 15) is 9.90 Å². The molecule has 0 aromatic carbocycles. The van der Waals surface area contributed by atoms with Crippen LogP contribution >= 0.6 is 0 Å². The molecule has 0 spiro atoms. The molecular weight excluding hydrogens is 292 g/mol. The zero-order chi connectivity index (χ0) is 16.2. The number of rotatable bonds is 3. The van der Waals surface area contributed by atoms with E-state index in [1.54, 1.807) is 0 Å². The molecule has 1 aromatic rings. The average Bonchev–Trinajstić information content (AvgIpc) is 2.59. The molecule has 2 unspecified atom stereocenters. The standard InChI is InChI=1S/C17H26N4O2/c1-14-5-7-21(12-15(14)22)17(23)13-19-8-10-20(11-9-19)16-4-2-3-6-18-16/h2-4,6,14-15,22H,5,7-13H2,1H3. The van der Waals surface area contributed by atoms with Crippen LogP contribution < -0.4 is 4.90 Å². The van der Waals surface area contributed by atoms with Crippen molar-refractivity contribution >= 4 is 11.7 Å². The van der Waals surface area contributed by atoms with Gasteiger partial charge < -0.3 is 14.9 Å². The van der Waals surface area contributed by atoms with Gasteiger partial charge in [0.1, 0.15) is 5.82 Å². The van der Waals surface area contributed by atoms with E-state index in [1.807, 2.05) is 36.2 Å². The van der Waals surface area contributed by atoms with Crippen molar-refractivity contribution in [2.45, 2.75) is 19.4 Å². The van der Waals surface area contributed by atoms with Crippen LogP contribution in [0.15, 0.2) is 24.4 Å². The summed E-state index contributed by atoms with van der Waals surface area (Å²) in [6.45, 7) is 7.28. The van der Waals surface area contributed by atoms with E-state index in [4.69, 9.17) is 0 Å². The lowest BCUT2D eigenvalue weighted by Gasteiger charge is -2.38. The first kappa shape index (κ1) is 16.2. The number of amides is 1. The SMILES string of the molecule is CC1CCN(C(=O)CN2CCN(c3ccccn3)CC2)CC1O. The lowest BCUT2D eigenvalue weighted by molar-refractivity contribution is -0.136. The molecule has 1 aromatic heterocycles. The van der Waals surface area contributed by atoms with Crippen LogP contribution in [0, 0.1) is 5.92 Å². The van der Waals surface area contributed by atoms with Crippen molar-refractivity contribution in [3.05, 3.63) is 24.4 Å². The van der Waals surface area contributed by atoms with E-state index in [0.717, 1.165) is 45.0 Å². The van der Waals surface area contributed by atoms with Crippen LogP contribution in [-0.4, -0.2) is 77.7 Å². The lowest BCUT2D eigenvalue weighted by atomic mass is 9.96. The van der Waals surface area contributed by atoms with Gasteiger partial charge in [-0.15, -0.1) is 0 Å². The van der Waals surface area contributed by atoms with Crippen LogP contribution in [0.3, 0.4) is 0 Å². The molecule has 23 heavy (non-hydrogen) atoms. The topological polar surface area (TPSA) is 59.9 Å². The number of aliphatic hydroxyl groups is 1. The van der Waals surface area contributed by atoms with E-state index in [2.05, 4.69) is 14.8 Å². The molecule has 6 heteroatoms. The third-order valence-corrected chi connectivity index (χ3v) is 4.98. The molecule has 0 bridgehead atoms. The molecule has 0 aliphatic carbocycles. The van der Waals surface area contributed by atoms with E-state index < -0.39 is 0 Å². The zero-order valence-corrected chi connectivity index (χ0v) is 13.8. The molecule has 2 aliphatic rings. The van der Waals surface area contributed by atoms with E-state index in [1.165, 1.54) is 0 Å². The summed E-state index contributed by atoms with van der Waals surface area (Å²) >= 11 is 0. The molecule has 2 saturated heterocycles. The van der Waals surface area contributed by atoms with Crippen LogP contribution in [-0.2, 0) is 4.79 Å². The number of likely N-dealkylation sites (tertiary alicyclic amines) is 1. The van der Waals surface area contributed by atoms with Gasteiger partial charge >= 0.3 is 0 Å². The molecule has 1 N–H and O–H groups in total. The van der Waals surface area contributed by atoms with Crippen molar-refractivity contribution in [1.82, 2.24) is 14.8 Å². The number of piperazine rings is 1. The molecule has 3 heterocycles. The first-order chi connectivity index (χ1) is 11.1. The second-order valence-corrected chi connectivity index (χ2v) is 6.62. The zero-order valence-electron chi connectivity index (χ0n) is 13.8. The smallest absolute Gasteiger partial charge is 0.236 e. The summed E-state index contributed by atoms with van der Waals surface area (Å²) in [7, 11) is 0. The number of piperidine rings is 1. The number of aliphatic hydroxyl groups excluding tert-OH is 1. The Kier molecular flexibility index (Phi) is 5.13. The summed E-state index contributed by atoms with van der Waals surface area (Å²) in [5.41, 5.74) is 0. The van der Waals surface area contributed by atoms with Crippen molar-refractivity contribution in [2.24, 2.45) is 5.92 Å².